The Morgan fingerprint density at radius 1 is 1.43 bits per heavy atom. The van der Waals surface area contributed by atoms with E-state index in [1.54, 1.807) is 6.26 Å². The molecule has 0 saturated carbocycles. The van der Waals surface area contributed by atoms with Crippen molar-refractivity contribution in [2.75, 3.05) is 0 Å². The highest BCUT2D eigenvalue weighted by Gasteiger charge is 2.12. The van der Waals surface area contributed by atoms with Crippen molar-refractivity contribution in [1.82, 2.24) is 0 Å². The molecule has 0 saturated heterocycles. The lowest BCUT2D eigenvalue weighted by Gasteiger charge is -2.05. The maximum absolute atomic E-state index is 5.08. The summed E-state index contributed by atoms with van der Waals surface area (Å²) in [6, 6.07) is 0. The molecular weight excluding hydrogens is 88.1 g/mol. The van der Waals surface area contributed by atoms with Crippen molar-refractivity contribution >= 4 is 0 Å². The Morgan fingerprint density at radius 3 is 2.29 bits per heavy atom. The second-order valence-electron chi connectivity index (χ2n) is 2.03. The molecule has 1 rings (SSSR count). The second-order valence-corrected chi connectivity index (χ2v) is 2.03. The van der Waals surface area contributed by atoms with Crippen molar-refractivity contribution in [1.29, 1.82) is 0 Å². The van der Waals surface area contributed by atoms with Gasteiger partial charge in [-0.15, -0.1) is 0 Å². The third-order valence-electron chi connectivity index (χ3n) is 1.42. The molecular formula is C6H10O. The molecule has 0 aromatic rings. The highest BCUT2D eigenvalue weighted by molar-refractivity contribution is 4.90. The van der Waals surface area contributed by atoms with Crippen LogP contribution >= 0.6 is 0 Å². The molecule has 1 aliphatic rings. The van der Waals surface area contributed by atoms with Crippen molar-refractivity contribution in [3.05, 3.63) is 12.3 Å². The molecule has 0 aromatic heterocycles. The Labute approximate surface area is 44.0 Å². The summed E-state index contributed by atoms with van der Waals surface area (Å²) in [5, 5.41) is 0. The van der Waals surface area contributed by atoms with Gasteiger partial charge in [0.1, 0.15) is 6.10 Å². The zero-order valence-corrected chi connectivity index (χ0v) is 4.72. The van der Waals surface area contributed by atoms with E-state index in [4.69, 9.17) is 4.74 Å². The fourth-order valence-corrected chi connectivity index (χ4v) is 0.574. The number of ether oxygens (including phenoxy) is 1. The first-order valence-corrected chi connectivity index (χ1v) is 2.63. The van der Waals surface area contributed by atoms with Crippen LogP contribution < -0.4 is 0 Å². The number of hydrogen-bond donors (Lipinski definition) is 0. The van der Waals surface area contributed by atoms with Gasteiger partial charge in [0.05, 0.1) is 6.26 Å². The minimum absolute atomic E-state index is 0.403. The monoisotopic (exact) mass is 98.1 g/mol. The number of rotatable bonds is 0. The largest absolute Gasteiger partial charge is 0.498 e. The maximum Gasteiger partial charge on any atom is 0.101 e. The van der Waals surface area contributed by atoms with Gasteiger partial charge in [0.15, 0.2) is 0 Å². The summed E-state index contributed by atoms with van der Waals surface area (Å²) in [7, 11) is 0. The Bertz CT molecular complexity index is 86.2. The number of hydrogen-bond acceptors (Lipinski definition) is 1. The quantitative estimate of drug-likeness (QED) is 0.446. The minimum Gasteiger partial charge on any atom is -0.498 e. The van der Waals surface area contributed by atoms with E-state index in [9.17, 15) is 0 Å². The molecule has 0 amide bonds. The van der Waals surface area contributed by atoms with Crippen LogP contribution in [0.4, 0.5) is 0 Å². The van der Waals surface area contributed by atoms with E-state index in [1.165, 1.54) is 0 Å². The van der Waals surface area contributed by atoms with Crippen LogP contribution in [0.3, 0.4) is 0 Å². The lowest BCUT2D eigenvalue weighted by atomic mass is 10.1. The van der Waals surface area contributed by atoms with Gasteiger partial charge in [-0.05, 0) is 13.0 Å². The van der Waals surface area contributed by atoms with Crippen molar-refractivity contribution in [3.8, 4) is 0 Å². The van der Waals surface area contributed by atoms with Gasteiger partial charge in [-0.25, -0.2) is 0 Å². The van der Waals surface area contributed by atoms with E-state index in [1.807, 2.05) is 0 Å². The average molecular weight is 98.1 g/mol. The summed E-state index contributed by atoms with van der Waals surface area (Å²) in [5.74, 6) is 0.611. The van der Waals surface area contributed by atoms with Crippen LogP contribution in [0.25, 0.3) is 0 Å². The molecule has 0 radical (unpaired) electrons. The summed E-state index contributed by atoms with van der Waals surface area (Å²) < 4.78 is 5.08. The van der Waals surface area contributed by atoms with Crippen molar-refractivity contribution in [3.63, 3.8) is 0 Å². The molecule has 0 aliphatic carbocycles. The van der Waals surface area contributed by atoms with E-state index >= 15 is 0 Å². The summed E-state index contributed by atoms with van der Waals surface area (Å²) in [4.78, 5) is 0. The van der Waals surface area contributed by atoms with Crippen LogP contribution in [-0.4, -0.2) is 6.10 Å². The Hall–Kier alpha value is -0.460. The molecule has 1 heteroatoms. The van der Waals surface area contributed by atoms with Gasteiger partial charge in [0.2, 0.25) is 0 Å². The van der Waals surface area contributed by atoms with Gasteiger partial charge >= 0.3 is 0 Å². The Balaban J connectivity index is 2.45. The molecule has 0 fully saturated rings. The molecule has 1 heterocycles. The zero-order valence-electron chi connectivity index (χ0n) is 4.72. The molecule has 1 nitrogen and oxygen atoms in total. The van der Waals surface area contributed by atoms with Gasteiger partial charge in [0.25, 0.3) is 0 Å². The molecule has 1 aliphatic heterocycles. The smallest absolute Gasteiger partial charge is 0.101 e. The minimum atomic E-state index is 0.403. The zero-order chi connectivity index (χ0) is 5.28. The summed E-state index contributed by atoms with van der Waals surface area (Å²) in [6.45, 7) is 4.22. The van der Waals surface area contributed by atoms with Crippen molar-refractivity contribution < 1.29 is 4.74 Å². The maximum atomic E-state index is 5.08. The van der Waals surface area contributed by atoms with Crippen LogP contribution in [0.1, 0.15) is 13.8 Å². The summed E-state index contributed by atoms with van der Waals surface area (Å²) in [5.41, 5.74) is 0. The molecule has 0 aromatic carbocycles. The molecule has 0 N–H and O–H groups in total. The summed E-state index contributed by atoms with van der Waals surface area (Å²) in [6.07, 6.45) is 4.25. The molecule has 40 valence electrons. The molecule has 7 heavy (non-hydrogen) atoms. The first kappa shape index (κ1) is 4.69. The summed E-state index contributed by atoms with van der Waals surface area (Å²) >= 11 is 0. The van der Waals surface area contributed by atoms with Crippen LogP contribution in [0.5, 0.6) is 0 Å². The van der Waals surface area contributed by atoms with E-state index in [0.717, 1.165) is 0 Å². The normalized spacial score (nSPS) is 38.6. The van der Waals surface area contributed by atoms with Gasteiger partial charge in [-0.1, -0.05) is 6.92 Å². The van der Waals surface area contributed by atoms with E-state index in [2.05, 4.69) is 19.9 Å². The van der Waals surface area contributed by atoms with Crippen LogP contribution in [0, 0.1) is 5.92 Å². The highest BCUT2D eigenvalue weighted by Crippen LogP contribution is 2.14. The molecule has 0 spiro atoms. The fourth-order valence-electron chi connectivity index (χ4n) is 0.574. The predicted molar refractivity (Wildman–Crippen MR) is 28.9 cm³/mol. The lowest BCUT2D eigenvalue weighted by Crippen LogP contribution is -2.06. The molecule has 1 unspecified atom stereocenters. The highest BCUT2D eigenvalue weighted by atomic mass is 16.5. The first-order valence-electron chi connectivity index (χ1n) is 2.63. The van der Waals surface area contributed by atoms with E-state index in [0.29, 0.717) is 12.0 Å². The second kappa shape index (κ2) is 1.57. The molecule has 0 bridgehead atoms. The van der Waals surface area contributed by atoms with Gasteiger partial charge < -0.3 is 4.74 Å². The van der Waals surface area contributed by atoms with Crippen LogP contribution in [0.15, 0.2) is 12.3 Å². The fraction of sp³-hybridized carbons (Fsp3) is 0.667. The SMILES string of the molecule is CC1OC=C[C@H]1C. The molecule has 2 atom stereocenters. The van der Waals surface area contributed by atoms with E-state index < -0.39 is 0 Å². The van der Waals surface area contributed by atoms with Gasteiger partial charge in [0, 0.05) is 5.92 Å². The van der Waals surface area contributed by atoms with Crippen molar-refractivity contribution in [2.45, 2.75) is 20.0 Å². The van der Waals surface area contributed by atoms with Crippen LogP contribution in [0.2, 0.25) is 0 Å². The Kier molecular flexibility index (Phi) is 1.05. The van der Waals surface area contributed by atoms with Crippen molar-refractivity contribution in [2.24, 2.45) is 5.92 Å². The first-order chi connectivity index (χ1) is 3.30. The Morgan fingerprint density at radius 2 is 2.14 bits per heavy atom. The third-order valence-corrected chi connectivity index (χ3v) is 1.42. The average Bonchev–Trinajstić information content (AvgIpc) is 1.91. The topological polar surface area (TPSA) is 9.23 Å². The van der Waals surface area contributed by atoms with Gasteiger partial charge in [-0.3, -0.25) is 0 Å². The third kappa shape index (κ3) is 0.763. The lowest BCUT2D eigenvalue weighted by molar-refractivity contribution is 0.159. The van der Waals surface area contributed by atoms with Gasteiger partial charge in [-0.2, -0.15) is 0 Å². The standard InChI is InChI=1S/C6H10O/c1-5-3-4-7-6(5)2/h3-6H,1-2H3/t5-,6?/m1/s1. The van der Waals surface area contributed by atoms with E-state index in [-0.39, 0.29) is 0 Å². The van der Waals surface area contributed by atoms with Crippen LogP contribution in [-0.2, 0) is 4.74 Å². The predicted octanol–water partition coefficient (Wildman–Crippen LogP) is 1.55.